The van der Waals surface area contributed by atoms with Gasteiger partial charge < -0.3 is 19.1 Å². The Hall–Kier alpha value is -2.89. The van der Waals surface area contributed by atoms with Crippen molar-refractivity contribution in [1.29, 1.82) is 0 Å². The molecular weight excluding hydrogens is 484 g/mol. The van der Waals surface area contributed by atoms with Crippen LogP contribution in [0.5, 0.6) is 17.2 Å². The van der Waals surface area contributed by atoms with Crippen LogP contribution >= 0.6 is 12.4 Å². The lowest BCUT2D eigenvalue weighted by Gasteiger charge is -2.36. The highest BCUT2D eigenvalue weighted by atomic mass is 35.5. The summed E-state index contributed by atoms with van der Waals surface area (Å²) in [5.74, 6) is 2.90. The second-order valence-corrected chi connectivity index (χ2v) is 9.37. The molecule has 200 valence electrons. The van der Waals surface area contributed by atoms with Gasteiger partial charge in [-0.25, -0.2) is 0 Å². The average molecular weight is 525 g/mol. The Morgan fingerprint density at radius 3 is 2.24 bits per heavy atom. The van der Waals surface area contributed by atoms with Gasteiger partial charge in [-0.2, -0.15) is 0 Å². The molecule has 0 N–H and O–H groups in total. The average Bonchev–Trinajstić information content (AvgIpc) is 2.94. The van der Waals surface area contributed by atoms with Crippen molar-refractivity contribution in [3.63, 3.8) is 0 Å². The van der Waals surface area contributed by atoms with Gasteiger partial charge in [0.05, 0.1) is 26.5 Å². The Bertz CT molecular complexity index is 1070. The molecule has 0 aromatic heterocycles. The largest absolute Gasteiger partial charge is 0.497 e. The maximum Gasteiger partial charge on any atom is 0.142 e. The number of hydrogen-bond acceptors (Lipinski definition) is 5. The van der Waals surface area contributed by atoms with Crippen LogP contribution in [0.25, 0.3) is 0 Å². The maximum absolute atomic E-state index is 6.19. The van der Waals surface area contributed by atoms with Crippen LogP contribution in [-0.2, 0) is 12.8 Å². The van der Waals surface area contributed by atoms with E-state index in [0.717, 1.165) is 75.8 Å². The Labute approximate surface area is 228 Å². The van der Waals surface area contributed by atoms with Crippen molar-refractivity contribution in [3.05, 3.63) is 83.9 Å². The Morgan fingerprint density at radius 1 is 0.703 bits per heavy atom. The van der Waals surface area contributed by atoms with Crippen LogP contribution in [0, 0.1) is 0 Å². The van der Waals surface area contributed by atoms with Gasteiger partial charge in [-0.05, 0) is 80.1 Å². The molecule has 4 rings (SSSR count). The Kier molecular flexibility index (Phi) is 11.9. The topological polar surface area (TPSA) is 34.2 Å². The number of unbranched alkanes of at least 4 members (excludes halogenated alkanes) is 2. The number of rotatable bonds is 13. The lowest BCUT2D eigenvalue weighted by atomic mass is 10.0. The first-order valence-corrected chi connectivity index (χ1v) is 13.2. The smallest absolute Gasteiger partial charge is 0.142 e. The van der Waals surface area contributed by atoms with Gasteiger partial charge in [0.15, 0.2) is 0 Å². The third-order valence-corrected chi connectivity index (χ3v) is 6.96. The Balaban J connectivity index is 0.00000380. The molecule has 1 aliphatic rings. The van der Waals surface area contributed by atoms with Crippen molar-refractivity contribution in [1.82, 2.24) is 4.90 Å². The van der Waals surface area contributed by atoms with Gasteiger partial charge in [0, 0.05) is 26.2 Å². The lowest BCUT2D eigenvalue weighted by Crippen LogP contribution is -2.46. The third-order valence-electron chi connectivity index (χ3n) is 6.96. The molecule has 1 heterocycles. The summed E-state index contributed by atoms with van der Waals surface area (Å²) in [6.45, 7) is 6.26. The number of nitrogens with zero attached hydrogens (tertiary/aromatic N) is 2. The standard InChI is InChI=1S/C31H40N2O3.ClH/c1-34-28-13-10-11-26(25-28)17-18-27-12-4-6-15-30(27)36-24-9-3-8-19-32-20-22-33(23-21-32)29-14-5-7-16-31(29)35-2;/h4-7,10-16,25H,3,8-9,17-24H2,1-2H3;1H. The summed E-state index contributed by atoms with van der Waals surface area (Å²) in [5.41, 5.74) is 3.77. The van der Waals surface area contributed by atoms with Crippen molar-refractivity contribution >= 4 is 18.1 Å². The van der Waals surface area contributed by atoms with E-state index in [1.54, 1.807) is 14.2 Å². The summed E-state index contributed by atoms with van der Waals surface area (Å²) in [4.78, 5) is 5.02. The molecule has 1 fully saturated rings. The van der Waals surface area contributed by atoms with Crippen LogP contribution in [0.3, 0.4) is 0 Å². The summed E-state index contributed by atoms with van der Waals surface area (Å²) in [5, 5.41) is 0. The third kappa shape index (κ3) is 8.58. The van der Waals surface area contributed by atoms with E-state index in [9.17, 15) is 0 Å². The molecule has 3 aromatic rings. The number of halogens is 1. The SMILES string of the molecule is COc1cccc(CCc2ccccc2OCCCCCN2CCN(c3ccccc3OC)CC2)c1.Cl. The zero-order chi connectivity index (χ0) is 25.0. The number of anilines is 1. The van der Waals surface area contributed by atoms with Crippen LogP contribution < -0.4 is 19.1 Å². The molecule has 0 atom stereocenters. The number of benzene rings is 3. The van der Waals surface area contributed by atoms with E-state index in [1.807, 2.05) is 18.2 Å². The van der Waals surface area contributed by atoms with E-state index in [-0.39, 0.29) is 12.4 Å². The van der Waals surface area contributed by atoms with E-state index in [2.05, 4.69) is 64.4 Å². The predicted molar refractivity (Wildman–Crippen MR) is 155 cm³/mol. The van der Waals surface area contributed by atoms with Crippen molar-refractivity contribution in [2.24, 2.45) is 0 Å². The first kappa shape index (κ1) is 28.7. The molecule has 0 amide bonds. The quantitative estimate of drug-likeness (QED) is 0.246. The van der Waals surface area contributed by atoms with Gasteiger partial charge in [0.1, 0.15) is 17.2 Å². The van der Waals surface area contributed by atoms with Gasteiger partial charge in [0.2, 0.25) is 0 Å². The van der Waals surface area contributed by atoms with E-state index < -0.39 is 0 Å². The highest BCUT2D eigenvalue weighted by molar-refractivity contribution is 5.85. The van der Waals surface area contributed by atoms with Crippen LogP contribution in [0.15, 0.2) is 72.8 Å². The zero-order valence-electron chi connectivity index (χ0n) is 22.2. The summed E-state index contributed by atoms with van der Waals surface area (Å²) in [7, 11) is 3.46. The number of aryl methyl sites for hydroxylation is 2. The van der Waals surface area contributed by atoms with Crippen LogP contribution in [0.2, 0.25) is 0 Å². The summed E-state index contributed by atoms with van der Waals surface area (Å²) >= 11 is 0. The van der Waals surface area contributed by atoms with Crippen molar-refractivity contribution in [2.45, 2.75) is 32.1 Å². The summed E-state index contributed by atoms with van der Waals surface area (Å²) < 4.78 is 17.1. The van der Waals surface area contributed by atoms with Gasteiger partial charge >= 0.3 is 0 Å². The van der Waals surface area contributed by atoms with E-state index in [1.165, 1.54) is 29.7 Å². The molecule has 0 saturated carbocycles. The molecule has 0 spiro atoms. The molecule has 0 radical (unpaired) electrons. The van der Waals surface area contributed by atoms with Crippen molar-refractivity contribution in [3.8, 4) is 17.2 Å². The molecule has 5 nitrogen and oxygen atoms in total. The molecule has 37 heavy (non-hydrogen) atoms. The molecule has 0 bridgehead atoms. The molecular formula is C31H41ClN2O3. The van der Waals surface area contributed by atoms with Gasteiger partial charge in [-0.15, -0.1) is 12.4 Å². The number of hydrogen-bond donors (Lipinski definition) is 0. The minimum absolute atomic E-state index is 0. The van der Waals surface area contributed by atoms with Crippen LogP contribution in [0.1, 0.15) is 30.4 Å². The van der Waals surface area contributed by atoms with E-state index in [0.29, 0.717) is 0 Å². The molecule has 6 heteroatoms. The normalized spacial score (nSPS) is 13.6. The summed E-state index contributed by atoms with van der Waals surface area (Å²) in [6.07, 6.45) is 5.44. The molecule has 1 saturated heterocycles. The number of ether oxygens (including phenoxy) is 3. The Morgan fingerprint density at radius 2 is 1.46 bits per heavy atom. The van der Waals surface area contributed by atoms with Crippen molar-refractivity contribution < 1.29 is 14.2 Å². The van der Waals surface area contributed by atoms with Crippen LogP contribution in [-0.4, -0.2) is 58.5 Å². The highest BCUT2D eigenvalue weighted by Crippen LogP contribution is 2.28. The van der Waals surface area contributed by atoms with Gasteiger partial charge in [-0.3, -0.25) is 4.90 Å². The zero-order valence-corrected chi connectivity index (χ0v) is 23.1. The minimum atomic E-state index is 0. The lowest BCUT2D eigenvalue weighted by molar-refractivity contribution is 0.245. The number of methoxy groups -OCH3 is 2. The fourth-order valence-corrected chi connectivity index (χ4v) is 4.86. The first-order chi connectivity index (χ1) is 17.8. The first-order valence-electron chi connectivity index (χ1n) is 13.2. The second kappa shape index (κ2) is 15.4. The monoisotopic (exact) mass is 524 g/mol. The number of piperazine rings is 1. The van der Waals surface area contributed by atoms with Gasteiger partial charge in [-0.1, -0.05) is 42.5 Å². The van der Waals surface area contributed by atoms with E-state index >= 15 is 0 Å². The fraction of sp³-hybridized carbons (Fsp3) is 0.419. The predicted octanol–water partition coefficient (Wildman–Crippen LogP) is 6.28. The molecule has 0 aliphatic carbocycles. The second-order valence-electron chi connectivity index (χ2n) is 9.37. The maximum atomic E-state index is 6.19. The highest BCUT2D eigenvalue weighted by Gasteiger charge is 2.19. The van der Waals surface area contributed by atoms with Crippen LogP contribution in [0.4, 0.5) is 5.69 Å². The van der Waals surface area contributed by atoms with E-state index in [4.69, 9.17) is 14.2 Å². The van der Waals surface area contributed by atoms with Gasteiger partial charge in [0.25, 0.3) is 0 Å². The molecule has 3 aromatic carbocycles. The summed E-state index contributed by atoms with van der Waals surface area (Å²) in [6, 6.07) is 25.1. The molecule has 1 aliphatic heterocycles. The molecule has 0 unspecified atom stereocenters. The number of para-hydroxylation sites is 3. The fourth-order valence-electron chi connectivity index (χ4n) is 4.86. The minimum Gasteiger partial charge on any atom is -0.497 e. The van der Waals surface area contributed by atoms with Crippen molar-refractivity contribution in [2.75, 3.05) is 58.5 Å².